The van der Waals surface area contributed by atoms with Crippen LogP contribution in [-0.4, -0.2) is 17.1 Å². The molecule has 2 unspecified atom stereocenters. The minimum atomic E-state index is -0.972. The molecule has 3 rings (SSSR count). The van der Waals surface area contributed by atoms with E-state index >= 15 is 0 Å². The predicted molar refractivity (Wildman–Crippen MR) is 105 cm³/mol. The first-order chi connectivity index (χ1) is 12.2. The Morgan fingerprint density at radius 3 is 2.24 bits per heavy atom. The first kappa shape index (κ1) is 17.6. The molecule has 128 valence electrons. The van der Waals surface area contributed by atoms with Gasteiger partial charge in [-0.25, -0.2) is 0 Å². The van der Waals surface area contributed by atoms with Gasteiger partial charge in [0.25, 0.3) is 5.79 Å². The van der Waals surface area contributed by atoms with Gasteiger partial charge in [0.05, 0.1) is 0 Å². The largest absolute Gasteiger partial charge is 0.456 e. The summed E-state index contributed by atoms with van der Waals surface area (Å²) in [6.45, 7) is 6.61. The second kappa shape index (κ2) is 7.77. The zero-order chi connectivity index (χ0) is 17.6. The van der Waals surface area contributed by atoms with Gasteiger partial charge in [-0.3, -0.25) is 0 Å². The van der Waals surface area contributed by atoms with Crippen LogP contribution in [0.5, 0.6) is 5.75 Å². The summed E-state index contributed by atoms with van der Waals surface area (Å²) >= 11 is 1.67. The molecule has 0 saturated heterocycles. The SMILES string of the molecule is C=CC1(Sc2ccccc2)C=CC=CC1(OCC)Oc1ccccc1. The molecule has 2 nitrogen and oxygen atoms in total. The van der Waals surface area contributed by atoms with Crippen LogP contribution in [0.2, 0.25) is 0 Å². The smallest absolute Gasteiger partial charge is 0.252 e. The van der Waals surface area contributed by atoms with Crippen molar-refractivity contribution in [2.45, 2.75) is 22.4 Å². The van der Waals surface area contributed by atoms with Crippen molar-refractivity contribution < 1.29 is 9.47 Å². The van der Waals surface area contributed by atoms with Gasteiger partial charge in [-0.15, -0.1) is 18.3 Å². The van der Waals surface area contributed by atoms with Crippen molar-refractivity contribution in [3.8, 4) is 5.75 Å². The number of thioether (sulfide) groups is 1. The molecule has 1 aliphatic carbocycles. The fourth-order valence-corrected chi connectivity index (χ4v) is 4.07. The highest BCUT2D eigenvalue weighted by molar-refractivity contribution is 8.01. The number of allylic oxidation sites excluding steroid dienone is 2. The molecule has 2 atom stereocenters. The van der Waals surface area contributed by atoms with Gasteiger partial charge in [-0.1, -0.05) is 60.7 Å². The molecule has 0 amide bonds. The Balaban J connectivity index is 2.04. The predicted octanol–water partition coefficient (Wildman–Crippen LogP) is 5.64. The molecule has 2 aromatic carbocycles. The summed E-state index contributed by atoms with van der Waals surface area (Å²) in [4.78, 5) is 1.13. The fourth-order valence-electron chi connectivity index (χ4n) is 2.85. The monoisotopic (exact) mass is 350 g/mol. The van der Waals surface area contributed by atoms with Crippen molar-refractivity contribution in [2.24, 2.45) is 0 Å². The van der Waals surface area contributed by atoms with Gasteiger partial charge in [0.15, 0.2) is 0 Å². The second-order valence-corrected chi connectivity index (χ2v) is 7.00. The van der Waals surface area contributed by atoms with Gasteiger partial charge >= 0.3 is 0 Å². The first-order valence-electron chi connectivity index (χ1n) is 8.36. The Kier molecular flexibility index (Phi) is 5.47. The van der Waals surface area contributed by atoms with Gasteiger partial charge in [-0.2, -0.15) is 0 Å². The van der Waals surface area contributed by atoms with E-state index in [0.29, 0.717) is 6.61 Å². The van der Waals surface area contributed by atoms with Crippen LogP contribution in [0, 0.1) is 0 Å². The summed E-state index contributed by atoms with van der Waals surface area (Å²) in [6.07, 6.45) is 9.95. The molecule has 0 spiro atoms. The zero-order valence-electron chi connectivity index (χ0n) is 14.3. The summed E-state index contributed by atoms with van der Waals surface area (Å²) < 4.78 is 12.0. The average molecular weight is 350 g/mol. The molecule has 0 aliphatic heterocycles. The minimum Gasteiger partial charge on any atom is -0.456 e. The molecular formula is C22H22O2S. The average Bonchev–Trinajstić information content (AvgIpc) is 2.65. The van der Waals surface area contributed by atoms with E-state index in [1.807, 2.05) is 79.8 Å². The van der Waals surface area contributed by atoms with Crippen molar-refractivity contribution in [2.75, 3.05) is 6.61 Å². The number of rotatable bonds is 7. The van der Waals surface area contributed by atoms with Crippen LogP contribution in [0.4, 0.5) is 0 Å². The van der Waals surface area contributed by atoms with Gasteiger partial charge < -0.3 is 9.47 Å². The Morgan fingerprint density at radius 2 is 1.60 bits per heavy atom. The molecule has 0 aromatic heterocycles. The van der Waals surface area contributed by atoms with Crippen molar-refractivity contribution in [1.82, 2.24) is 0 Å². The number of hydrogen-bond acceptors (Lipinski definition) is 3. The molecule has 0 radical (unpaired) electrons. The zero-order valence-corrected chi connectivity index (χ0v) is 15.1. The van der Waals surface area contributed by atoms with E-state index in [-0.39, 0.29) is 0 Å². The normalized spacial score (nSPS) is 24.8. The maximum absolute atomic E-state index is 6.41. The molecule has 0 bridgehead atoms. The van der Waals surface area contributed by atoms with Crippen LogP contribution < -0.4 is 4.74 Å². The Hall–Kier alpha value is -2.23. The third-order valence-electron chi connectivity index (χ3n) is 4.02. The van der Waals surface area contributed by atoms with E-state index in [9.17, 15) is 0 Å². The maximum Gasteiger partial charge on any atom is 0.252 e. The van der Waals surface area contributed by atoms with Crippen molar-refractivity contribution >= 4 is 11.8 Å². The molecule has 25 heavy (non-hydrogen) atoms. The van der Waals surface area contributed by atoms with Crippen molar-refractivity contribution in [3.05, 3.63) is 97.6 Å². The third kappa shape index (κ3) is 3.58. The van der Waals surface area contributed by atoms with E-state index in [1.165, 1.54) is 0 Å². The summed E-state index contributed by atoms with van der Waals surface area (Å²) in [5.41, 5.74) is 0. The van der Waals surface area contributed by atoms with E-state index < -0.39 is 10.5 Å². The van der Waals surface area contributed by atoms with E-state index in [1.54, 1.807) is 11.8 Å². The van der Waals surface area contributed by atoms with E-state index in [2.05, 4.69) is 24.8 Å². The molecule has 1 aliphatic rings. The molecule has 3 heteroatoms. The van der Waals surface area contributed by atoms with Crippen LogP contribution in [-0.2, 0) is 4.74 Å². The van der Waals surface area contributed by atoms with Crippen LogP contribution in [0.1, 0.15) is 6.92 Å². The van der Waals surface area contributed by atoms with E-state index in [0.717, 1.165) is 10.6 Å². The molecule has 0 saturated carbocycles. The molecule has 0 N–H and O–H groups in total. The molecule has 0 fully saturated rings. The van der Waals surface area contributed by atoms with Crippen LogP contribution >= 0.6 is 11.8 Å². The van der Waals surface area contributed by atoms with Crippen LogP contribution in [0.25, 0.3) is 0 Å². The third-order valence-corrected chi connectivity index (χ3v) is 5.45. The number of hydrogen-bond donors (Lipinski definition) is 0. The van der Waals surface area contributed by atoms with Crippen LogP contribution in [0.15, 0.2) is 103 Å². The standard InChI is InChI=1S/C22H22O2S/c1-3-21(25-20-15-9-6-10-16-20)17-11-12-18-22(21,23-4-2)24-19-13-7-5-8-14-19/h3,5-18H,1,4H2,2H3. The highest BCUT2D eigenvalue weighted by Gasteiger charge is 2.52. The Morgan fingerprint density at radius 1 is 0.960 bits per heavy atom. The Labute approximate surface area is 153 Å². The number of para-hydroxylation sites is 1. The lowest BCUT2D eigenvalue weighted by Crippen LogP contribution is -2.55. The van der Waals surface area contributed by atoms with Gasteiger partial charge in [0, 0.05) is 11.5 Å². The quantitative estimate of drug-likeness (QED) is 0.475. The van der Waals surface area contributed by atoms with Gasteiger partial charge in [-0.05, 0) is 37.3 Å². The minimum absolute atomic E-state index is 0.524. The lowest BCUT2D eigenvalue weighted by Gasteiger charge is -2.45. The highest BCUT2D eigenvalue weighted by Crippen LogP contribution is 2.48. The summed E-state index contributed by atoms with van der Waals surface area (Å²) in [6, 6.07) is 20.0. The second-order valence-electron chi connectivity index (χ2n) is 5.65. The fraction of sp³-hybridized carbons (Fsp3) is 0.182. The molecular weight excluding hydrogens is 328 g/mol. The number of benzene rings is 2. The van der Waals surface area contributed by atoms with Crippen molar-refractivity contribution in [1.29, 1.82) is 0 Å². The highest BCUT2D eigenvalue weighted by atomic mass is 32.2. The van der Waals surface area contributed by atoms with E-state index in [4.69, 9.17) is 9.47 Å². The number of ether oxygens (including phenoxy) is 2. The summed E-state index contributed by atoms with van der Waals surface area (Å²) in [5, 5.41) is 0. The van der Waals surface area contributed by atoms with Crippen LogP contribution in [0.3, 0.4) is 0 Å². The lowest BCUT2D eigenvalue weighted by molar-refractivity contribution is -0.150. The Bertz CT molecular complexity index is 754. The van der Waals surface area contributed by atoms with Crippen molar-refractivity contribution in [3.63, 3.8) is 0 Å². The first-order valence-corrected chi connectivity index (χ1v) is 9.18. The van der Waals surface area contributed by atoms with Gasteiger partial charge in [0.2, 0.25) is 0 Å². The molecule has 2 aromatic rings. The summed E-state index contributed by atoms with van der Waals surface area (Å²) in [5.74, 6) is -0.212. The lowest BCUT2D eigenvalue weighted by atomic mass is 9.92. The molecule has 0 heterocycles. The topological polar surface area (TPSA) is 18.5 Å². The summed E-state index contributed by atoms with van der Waals surface area (Å²) in [7, 11) is 0. The van der Waals surface area contributed by atoms with Gasteiger partial charge in [0.1, 0.15) is 10.5 Å². The maximum atomic E-state index is 6.41.